The van der Waals surface area contributed by atoms with Gasteiger partial charge in [-0.1, -0.05) is 24.3 Å². The monoisotopic (exact) mass is 256 g/mol. The van der Waals surface area contributed by atoms with Crippen molar-refractivity contribution in [1.29, 1.82) is 0 Å². The van der Waals surface area contributed by atoms with Gasteiger partial charge in [-0.2, -0.15) is 0 Å². The molecule has 96 valence electrons. The maximum Gasteiger partial charge on any atom is 0.488 e. The van der Waals surface area contributed by atoms with E-state index in [0.29, 0.717) is 22.4 Å². The highest BCUT2D eigenvalue weighted by molar-refractivity contribution is 6.58. The molecule has 5 N–H and O–H groups in total. The molecule has 0 aliphatic heterocycles. The number of carbonyl (C=O) groups excluding carboxylic acids is 1. The molecular weight excluding hydrogens is 243 g/mol. The second-order valence-corrected chi connectivity index (χ2v) is 4.04. The van der Waals surface area contributed by atoms with Crippen LogP contribution in [0.15, 0.2) is 48.5 Å². The summed E-state index contributed by atoms with van der Waals surface area (Å²) in [7, 11) is -1.54. The van der Waals surface area contributed by atoms with Crippen LogP contribution in [0.2, 0.25) is 0 Å². The van der Waals surface area contributed by atoms with Crippen LogP contribution in [0.1, 0.15) is 10.4 Å². The Morgan fingerprint density at radius 1 is 1.05 bits per heavy atom. The SMILES string of the molecule is Nc1ccccc1NC(=O)c1ccc(B(O)O)cc1. The topological polar surface area (TPSA) is 95.6 Å². The van der Waals surface area contributed by atoms with Gasteiger partial charge in [-0.25, -0.2) is 0 Å². The molecule has 0 radical (unpaired) electrons. The van der Waals surface area contributed by atoms with Crippen molar-refractivity contribution in [3.05, 3.63) is 54.1 Å². The number of carbonyl (C=O) groups is 1. The summed E-state index contributed by atoms with van der Waals surface area (Å²) in [6, 6.07) is 13.0. The first-order valence-electron chi connectivity index (χ1n) is 5.70. The van der Waals surface area contributed by atoms with Gasteiger partial charge in [-0.05, 0) is 29.7 Å². The minimum absolute atomic E-state index is 0.308. The highest BCUT2D eigenvalue weighted by atomic mass is 16.4. The smallest absolute Gasteiger partial charge is 0.423 e. The standard InChI is InChI=1S/C13H13BN2O3/c15-11-3-1-2-4-12(11)16-13(17)9-5-7-10(8-6-9)14(18)19/h1-8,18-19H,15H2,(H,16,17). The first kappa shape index (κ1) is 13.1. The fraction of sp³-hybridized carbons (Fsp3) is 0. The third-order valence-electron chi connectivity index (χ3n) is 2.68. The lowest BCUT2D eigenvalue weighted by Crippen LogP contribution is -2.29. The normalized spacial score (nSPS) is 10.0. The second kappa shape index (κ2) is 5.56. The van der Waals surface area contributed by atoms with Crippen molar-refractivity contribution >= 4 is 29.9 Å². The molecule has 0 aromatic heterocycles. The lowest BCUT2D eigenvalue weighted by Gasteiger charge is -2.08. The summed E-state index contributed by atoms with van der Waals surface area (Å²) in [5.41, 5.74) is 7.49. The molecule has 0 unspecified atom stereocenters. The van der Waals surface area contributed by atoms with E-state index < -0.39 is 7.12 Å². The van der Waals surface area contributed by atoms with Crippen LogP contribution in [0.5, 0.6) is 0 Å². The van der Waals surface area contributed by atoms with E-state index in [1.54, 1.807) is 24.3 Å². The van der Waals surface area contributed by atoms with Gasteiger partial charge in [0.2, 0.25) is 0 Å². The zero-order valence-corrected chi connectivity index (χ0v) is 10.1. The van der Waals surface area contributed by atoms with Gasteiger partial charge in [0.05, 0.1) is 11.4 Å². The molecule has 0 heterocycles. The quantitative estimate of drug-likeness (QED) is 0.466. The van der Waals surface area contributed by atoms with Gasteiger partial charge < -0.3 is 21.1 Å². The largest absolute Gasteiger partial charge is 0.488 e. The number of benzene rings is 2. The summed E-state index contributed by atoms with van der Waals surface area (Å²) >= 11 is 0. The van der Waals surface area contributed by atoms with Crippen molar-refractivity contribution in [2.45, 2.75) is 0 Å². The minimum atomic E-state index is -1.54. The molecule has 0 aliphatic rings. The first-order valence-corrected chi connectivity index (χ1v) is 5.70. The van der Waals surface area contributed by atoms with Gasteiger partial charge >= 0.3 is 7.12 Å². The fourth-order valence-corrected chi connectivity index (χ4v) is 1.61. The molecule has 5 nitrogen and oxygen atoms in total. The summed E-state index contributed by atoms with van der Waals surface area (Å²) in [6.07, 6.45) is 0. The van der Waals surface area contributed by atoms with E-state index in [4.69, 9.17) is 15.8 Å². The summed E-state index contributed by atoms with van der Waals surface area (Å²) in [4.78, 5) is 12.0. The zero-order chi connectivity index (χ0) is 13.8. The zero-order valence-electron chi connectivity index (χ0n) is 10.1. The number of amides is 1. The van der Waals surface area contributed by atoms with E-state index in [0.717, 1.165) is 0 Å². The molecule has 0 aliphatic carbocycles. The Balaban J connectivity index is 2.14. The molecule has 2 rings (SSSR count). The lowest BCUT2D eigenvalue weighted by molar-refractivity contribution is 0.102. The molecule has 2 aromatic carbocycles. The molecule has 1 amide bonds. The molecule has 0 fully saturated rings. The van der Waals surface area contributed by atoms with E-state index in [2.05, 4.69) is 5.32 Å². The Kier molecular flexibility index (Phi) is 3.84. The Hall–Kier alpha value is -2.31. The van der Waals surface area contributed by atoms with E-state index in [1.807, 2.05) is 0 Å². The summed E-state index contributed by atoms with van der Waals surface area (Å²) in [5, 5.41) is 20.6. The van der Waals surface area contributed by atoms with Crippen LogP contribution in [0.3, 0.4) is 0 Å². The number of nitrogen functional groups attached to an aromatic ring is 1. The predicted octanol–water partition coefficient (Wildman–Crippen LogP) is 0.201. The number of nitrogens with one attached hydrogen (secondary N) is 1. The molecule has 0 spiro atoms. The van der Waals surface area contributed by atoms with E-state index >= 15 is 0 Å². The molecule has 0 bridgehead atoms. The number of anilines is 2. The Morgan fingerprint density at radius 2 is 1.68 bits per heavy atom. The van der Waals surface area contributed by atoms with Gasteiger partial charge in [0.15, 0.2) is 0 Å². The van der Waals surface area contributed by atoms with Gasteiger partial charge in [0.1, 0.15) is 0 Å². The van der Waals surface area contributed by atoms with E-state index in [-0.39, 0.29) is 5.91 Å². The molecular formula is C13H13BN2O3. The van der Waals surface area contributed by atoms with Gasteiger partial charge in [0, 0.05) is 5.56 Å². The summed E-state index contributed by atoms with van der Waals surface area (Å²) in [5.74, 6) is -0.308. The van der Waals surface area contributed by atoms with Crippen LogP contribution in [-0.2, 0) is 0 Å². The molecule has 6 heteroatoms. The Bertz CT molecular complexity index is 585. The average Bonchev–Trinajstić information content (AvgIpc) is 2.41. The average molecular weight is 256 g/mol. The number of hydrogen-bond acceptors (Lipinski definition) is 4. The molecule has 0 saturated carbocycles. The number of nitrogens with two attached hydrogens (primary N) is 1. The maximum atomic E-state index is 12.0. The van der Waals surface area contributed by atoms with Crippen molar-refractivity contribution in [3.8, 4) is 0 Å². The van der Waals surface area contributed by atoms with E-state index in [9.17, 15) is 4.79 Å². The van der Waals surface area contributed by atoms with E-state index in [1.165, 1.54) is 24.3 Å². The van der Waals surface area contributed by atoms with Crippen LogP contribution in [0, 0.1) is 0 Å². The number of rotatable bonds is 3. The second-order valence-electron chi connectivity index (χ2n) is 4.04. The van der Waals surface area contributed by atoms with Crippen LogP contribution in [-0.4, -0.2) is 23.1 Å². The molecule has 0 atom stereocenters. The first-order chi connectivity index (χ1) is 9.08. The number of para-hydroxylation sites is 2. The molecule has 19 heavy (non-hydrogen) atoms. The van der Waals surface area contributed by atoms with Crippen LogP contribution >= 0.6 is 0 Å². The molecule has 2 aromatic rings. The predicted molar refractivity (Wildman–Crippen MR) is 75.1 cm³/mol. The van der Waals surface area contributed by atoms with Gasteiger partial charge in [0.25, 0.3) is 5.91 Å². The van der Waals surface area contributed by atoms with Crippen molar-refractivity contribution in [2.75, 3.05) is 11.1 Å². The van der Waals surface area contributed by atoms with Crippen molar-refractivity contribution in [2.24, 2.45) is 0 Å². The minimum Gasteiger partial charge on any atom is -0.423 e. The van der Waals surface area contributed by atoms with Crippen molar-refractivity contribution in [1.82, 2.24) is 0 Å². The Labute approximate surface area is 110 Å². The number of hydrogen-bond donors (Lipinski definition) is 4. The molecule has 0 saturated heterocycles. The highest BCUT2D eigenvalue weighted by Crippen LogP contribution is 2.17. The third kappa shape index (κ3) is 3.12. The van der Waals surface area contributed by atoms with Crippen LogP contribution < -0.4 is 16.5 Å². The highest BCUT2D eigenvalue weighted by Gasteiger charge is 2.12. The summed E-state index contributed by atoms with van der Waals surface area (Å²) in [6.45, 7) is 0. The summed E-state index contributed by atoms with van der Waals surface area (Å²) < 4.78 is 0. The third-order valence-corrected chi connectivity index (χ3v) is 2.68. The maximum absolute atomic E-state index is 12.0. The van der Waals surface area contributed by atoms with Crippen LogP contribution in [0.25, 0.3) is 0 Å². The van der Waals surface area contributed by atoms with Crippen molar-refractivity contribution in [3.63, 3.8) is 0 Å². The van der Waals surface area contributed by atoms with Crippen molar-refractivity contribution < 1.29 is 14.8 Å². The van der Waals surface area contributed by atoms with Gasteiger partial charge in [-0.3, -0.25) is 4.79 Å². The Morgan fingerprint density at radius 3 is 2.26 bits per heavy atom. The fourth-order valence-electron chi connectivity index (χ4n) is 1.61. The van der Waals surface area contributed by atoms with Crippen LogP contribution in [0.4, 0.5) is 11.4 Å². The van der Waals surface area contributed by atoms with Gasteiger partial charge in [-0.15, -0.1) is 0 Å². The lowest BCUT2D eigenvalue weighted by atomic mass is 9.80.